The Morgan fingerprint density at radius 3 is 2.49 bits per heavy atom. The summed E-state index contributed by atoms with van der Waals surface area (Å²) < 4.78 is 0. The Kier molecular flexibility index (Phi) is 13.2. The number of aliphatic carboxylic acids is 2. The molecule has 0 radical (unpaired) electrons. The second-order valence-corrected chi connectivity index (χ2v) is 7.82. The molecule has 1 unspecified atom stereocenters. The summed E-state index contributed by atoms with van der Waals surface area (Å²) in [7, 11) is 1.78. The van der Waals surface area contributed by atoms with Crippen LogP contribution in [-0.2, 0) is 9.59 Å². The van der Waals surface area contributed by atoms with Crippen molar-refractivity contribution in [2.75, 3.05) is 48.0 Å². The number of carboxylic acid groups (broad SMARTS) is 2. The first-order valence-corrected chi connectivity index (χ1v) is 11.1. The van der Waals surface area contributed by atoms with E-state index in [2.05, 4.69) is 25.9 Å². The maximum absolute atomic E-state index is 12.3. The number of benzene rings is 1. The number of carboxylic acids is 2. The van der Waals surface area contributed by atoms with Crippen molar-refractivity contribution in [1.29, 1.82) is 0 Å². The Morgan fingerprint density at radius 1 is 1.30 bits per heavy atom. The maximum atomic E-state index is 12.3. The zero-order valence-electron chi connectivity index (χ0n) is 20.6. The Morgan fingerprint density at radius 2 is 1.92 bits per heavy atom. The topological polar surface area (TPSA) is 229 Å². The van der Waals surface area contributed by atoms with E-state index in [1.807, 2.05) is 4.90 Å². The molecule has 2 atom stereocenters. The first-order chi connectivity index (χ1) is 17.1. The number of carbonyl (C=O) groups is 3. The van der Waals surface area contributed by atoms with E-state index in [0.29, 0.717) is 30.3 Å². The predicted octanol–water partition coefficient (Wildman–Crippen LogP) is -2.61. The number of amides is 1. The Balaban J connectivity index is 0.00000163. The number of nitrogen functional groups attached to an aromatic ring is 1. The summed E-state index contributed by atoms with van der Waals surface area (Å²) >= 11 is 0. The number of aromatic amines is 1. The van der Waals surface area contributed by atoms with Gasteiger partial charge in [-0.15, -0.1) is 6.61 Å². The number of nitrogens with one attached hydrogen (secondary N) is 4. The third kappa shape index (κ3) is 9.39. The fourth-order valence-corrected chi connectivity index (χ4v) is 3.41. The molecule has 2 aromatic rings. The third-order valence-corrected chi connectivity index (χ3v) is 5.25. The summed E-state index contributed by atoms with van der Waals surface area (Å²) in [5, 5.41) is 37.3. The average molecular weight is 544 g/mol. The van der Waals surface area contributed by atoms with Gasteiger partial charge in [-0.2, -0.15) is 4.98 Å². The SMILES string of the molecule is CC[O-].CN1c2c(nc(N)[nH]c2=O)NCC1CNc1ccc(C(=O)N[C@@H](CCC(=O)[O-])C(=O)O)cc1.[Ca+2]. The van der Waals surface area contributed by atoms with Crippen LogP contribution < -0.4 is 42.4 Å². The second kappa shape index (κ2) is 15.2. The van der Waals surface area contributed by atoms with Crippen LogP contribution >= 0.6 is 0 Å². The minimum atomic E-state index is -1.39. The number of likely N-dealkylation sites (N-methyl/N-ethyl adjacent to an activating group) is 1. The number of nitrogens with zero attached hydrogens (tertiary/aromatic N) is 2. The average Bonchev–Trinajstić information content (AvgIpc) is 2.81. The normalized spacial score (nSPS) is 14.5. The molecule has 1 aliphatic heterocycles. The van der Waals surface area contributed by atoms with E-state index in [0.717, 1.165) is 0 Å². The molecule has 37 heavy (non-hydrogen) atoms. The van der Waals surface area contributed by atoms with Crippen LogP contribution in [0.15, 0.2) is 29.1 Å². The maximum Gasteiger partial charge on any atom is 2.00 e. The van der Waals surface area contributed by atoms with Crippen molar-refractivity contribution in [3.63, 3.8) is 0 Å². The van der Waals surface area contributed by atoms with Crippen LogP contribution in [0.1, 0.15) is 30.1 Å². The molecule has 0 spiro atoms. The summed E-state index contributed by atoms with van der Waals surface area (Å²) in [5.41, 5.74) is 6.56. The molecule has 1 aromatic heterocycles. The van der Waals surface area contributed by atoms with Crippen LogP contribution in [0, 0.1) is 0 Å². The predicted molar refractivity (Wildman–Crippen MR) is 134 cm³/mol. The van der Waals surface area contributed by atoms with Gasteiger partial charge in [0, 0.05) is 37.4 Å². The van der Waals surface area contributed by atoms with Crippen molar-refractivity contribution >= 4 is 78.7 Å². The van der Waals surface area contributed by atoms with Gasteiger partial charge in [-0.05, 0) is 37.1 Å². The molecule has 7 N–H and O–H groups in total. The molecule has 1 aromatic carbocycles. The molecule has 0 fully saturated rings. The second-order valence-electron chi connectivity index (χ2n) is 7.82. The fourth-order valence-electron chi connectivity index (χ4n) is 3.41. The third-order valence-electron chi connectivity index (χ3n) is 5.25. The molecule has 14 nitrogen and oxygen atoms in total. The van der Waals surface area contributed by atoms with Crippen molar-refractivity contribution in [3.8, 4) is 0 Å². The van der Waals surface area contributed by atoms with E-state index < -0.39 is 30.3 Å². The zero-order valence-corrected chi connectivity index (χ0v) is 22.8. The smallest absolute Gasteiger partial charge is 0.855 e. The number of carbonyl (C=O) groups excluding carboxylic acids is 2. The Bertz CT molecular complexity index is 1130. The summed E-state index contributed by atoms with van der Waals surface area (Å²) in [6, 6.07) is 4.94. The monoisotopic (exact) mass is 543 g/mol. The van der Waals surface area contributed by atoms with Crippen molar-refractivity contribution in [2.45, 2.75) is 31.8 Å². The standard InChI is InChI=1S/C20H25N7O6.C2H5O.Ca/c1-27-12(9-23-16-15(27)18(31)26-20(21)25-16)8-22-11-4-2-10(3-5-11)17(30)24-13(19(32)33)6-7-14(28)29;1-2-3;/h2-5,12-13,22H,6-9H2,1H3,(H,24,30)(H,28,29)(H,32,33)(H4,21,23,25,26,31);2H2,1H3;/q;-1;+2/p-1/t12?,13-;;/m0../s1. The number of hydrogen-bond donors (Lipinski definition) is 6. The van der Waals surface area contributed by atoms with E-state index in [-0.39, 0.29) is 73.9 Å². The number of H-pyrrole nitrogens is 1. The first kappa shape index (κ1) is 32.0. The quantitative estimate of drug-likeness (QED) is 0.179. The van der Waals surface area contributed by atoms with Crippen LogP contribution in [0.5, 0.6) is 0 Å². The fraction of sp³-hybridized carbons (Fsp3) is 0.409. The van der Waals surface area contributed by atoms with Gasteiger partial charge in [-0.1, -0.05) is 6.92 Å². The molecule has 0 saturated heterocycles. The molecule has 0 saturated carbocycles. The van der Waals surface area contributed by atoms with Gasteiger partial charge in [0.25, 0.3) is 11.5 Å². The van der Waals surface area contributed by atoms with E-state index in [9.17, 15) is 24.3 Å². The van der Waals surface area contributed by atoms with Gasteiger partial charge < -0.3 is 46.7 Å². The molecule has 0 bridgehead atoms. The van der Waals surface area contributed by atoms with Crippen molar-refractivity contribution in [1.82, 2.24) is 15.3 Å². The molecule has 1 aliphatic rings. The summed E-state index contributed by atoms with van der Waals surface area (Å²) in [4.78, 5) is 54.7. The van der Waals surface area contributed by atoms with Gasteiger partial charge in [-0.25, -0.2) is 4.79 Å². The van der Waals surface area contributed by atoms with Crippen molar-refractivity contribution < 1.29 is 29.7 Å². The minimum absolute atomic E-state index is 0. The zero-order chi connectivity index (χ0) is 26.8. The van der Waals surface area contributed by atoms with Gasteiger partial charge >= 0.3 is 43.7 Å². The number of hydrogen-bond acceptors (Lipinski definition) is 11. The molecule has 2 heterocycles. The summed E-state index contributed by atoms with van der Waals surface area (Å²) in [6.07, 6.45) is -0.759. The number of aromatic nitrogens is 2. The van der Waals surface area contributed by atoms with E-state index in [1.165, 1.54) is 12.1 Å². The molecular formula is C22H29CaN7O7. The summed E-state index contributed by atoms with van der Waals surface area (Å²) in [5.74, 6) is -2.89. The van der Waals surface area contributed by atoms with Crippen molar-refractivity contribution in [3.05, 3.63) is 40.2 Å². The largest absolute Gasteiger partial charge is 2.00 e. The Labute approximate surface area is 242 Å². The van der Waals surface area contributed by atoms with Gasteiger partial charge in [-0.3, -0.25) is 14.6 Å². The Hall–Kier alpha value is -3.07. The van der Waals surface area contributed by atoms with Crippen LogP contribution in [0.4, 0.5) is 23.1 Å². The number of rotatable bonds is 9. The van der Waals surface area contributed by atoms with Crippen molar-refractivity contribution in [2.24, 2.45) is 0 Å². The molecular weight excluding hydrogens is 514 g/mol. The van der Waals surface area contributed by atoms with E-state index >= 15 is 0 Å². The van der Waals surface area contributed by atoms with Crippen LogP contribution in [0.2, 0.25) is 0 Å². The molecule has 0 aliphatic carbocycles. The molecule has 196 valence electrons. The number of anilines is 4. The molecule has 3 rings (SSSR count). The summed E-state index contributed by atoms with van der Waals surface area (Å²) in [6.45, 7) is 2.57. The minimum Gasteiger partial charge on any atom is -0.855 e. The van der Waals surface area contributed by atoms with Gasteiger partial charge in [0.15, 0.2) is 5.82 Å². The van der Waals surface area contributed by atoms with Gasteiger partial charge in [0.1, 0.15) is 11.7 Å². The van der Waals surface area contributed by atoms with Crippen LogP contribution in [0.25, 0.3) is 0 Å². The first-order valence-electron chi connectivity index (χ1n) is 11.1. The molecule has 15 heteroatoms. The molecule has 1 amide bonds. The van der Waals surface area contributed by atoms with E-state index in [4.69, 9.17) is 15.9 Å². The van der Waals surface area contributed by atoms with Crippen LogP contribution in [-0.4, -0.2) is 109 Å². The number of fused-ring (bicyclic) bond motifs is 1. The van der Waals surface area contributed by atoms with Gasteiger partial charge in [0.05, 0.1) is 6.04 Å². The van der Waals surface area contributed by atoms with E-state index in [1.54, 1.807) is 26.1 Å². The number of nitrogens with two attached hydrogens (primary N) is 1. The van der Waals surface area contributed by atoms with Crippen LogP contribution in [0.3, 0.4) is 0 Å². The van der Waals surface area contributed by atoms with Gasteiger partial charge in [0.2, 0.25) is 5.95 Å².